The van der Waals surface area contributed by atoms with Crippen molar-refractivity contribution in [2.75, 3.05) is 6.61 Å². The van der Waals surface area contributed by atoms with Crippen LogP contribution in [-0.4, -0.2) is 16.6 Å². The highest BCUT2D eigenvalue weighted by molar-refractivity contribution is 5.27. The molecule has 2 rings (SSSR count). The number of imidazole rings is 1. The van der Waals surface area contributed by atoms with Crippen molar-refractivity contribution in [1.82, 2.24) is 15.3 Å². The molecule has 2 aromatic rings. The maximum atomic E-state index is 5.39. The van der Waals surface area contributed by atoms with E-state index in [0.717, 1.165) is 24.7 Å². The van der Waals surface area contributed by atoms with Crippen molar-refractivity contribution in [2.45, 2.75) is 20.0 Å². The summed E-state index contributed by atoms with van der Waals surface area (Å²) < 4.78 is 5.39. The van der Waals surface area contributed by atoms with E-state index in [2.05, 4.69) is 27.4 Å². The molecule has 4 nitrogen and oxygen atoms in total. The summed E-state index contributed by atoms with van der Waals surface area (Å²) in [7, 11) is 0. The average Bonchev–Trinajstić information content (AvgIpc) is 2.85. The molecule has 0 aliphatic carbocycles. The van der Waals surface area contributed by atoms with Gasteiger partial charge in [-0.25, -0.2) is 4.98 Å². The second-order valence-electron chi connectivity index (χ2n) is 3.72. The molecule has 0 saturated heterocycles. The lowest BCUT2D eigenvalue weighted by atomic mass is 10.2. The van der Waals surface area contributed by atoms with Gasteiger partial charge in [0.05, 0.1) is 13.2 Å². The first-order valence-corrected chi connectivity index (χ1v) is 5.79. The number of nitrogens with one attached hydrogen (secondary N) is 2. The molecule has 0 bridgehead atoms. The number of aromatic nitrogens is 2. The molecule has 1 heterocycles. The van der Waals surface area contributed by atoms with Crippen LogP contribution < -0.4 is 10.1 Å². The largest absolute Gasteiger partial charge is 0.494 e. The minimum absolute atomic E-state index is 0.704. The summed E-state index contributed by atoms with van der Waals surface area (Å²) in [6.45, 7) is 4.27. The maximum Gasteiger partial charge on any atom is 0.120 e. The predicted octanol–water partition coefficient (Wildman–Crippen LogP) is 2.10. The molecule has 0 spiro atoms. The minimum Gasteiger partial charge on any atom is -0.494 e. The van der Waals surface area contributed by atoms with E-state index in [1.54, 1.807) is 6.20 Å². The van der Waals surface area contributed by atoms with Crippen LogP contribution in [0.5, 0.6) is 5.75 Å². The van der Waals surface area contributed by atoms with Crippen LogP contribution in [0.3, 0.4) is 0 Å². The van der Waals surface area contributed by atoms with Gasteiger partial charge in [0.1, 0.15) is 11.6 Å². The lowest BCUT2D eigenvalue weighted by molar-refractivity contribution is 0.340. The number of benzene rings is 1. The van der Waals surface area contributed by atoms with E-state index < -0.39 is 0 Å². The third kappa shape index (κ3) is 3.60. The molecule has 0 amide bonds. The van der Waals surface area contributed by atoms with Gasteiger partial charge < -0.3 is 15.0 Å². The van der Waals surface area contributed by atoms with Crippen molar-refractivity contribution in [3.05, 3.63) is 48.0 Å². The van der Waals surface area contributed by atoms with Crippen molar-refractivity contribution in [3.8, 4) is 5.75 Å². The first kappa shape index (κ1) is 11.7. The Bertz CT molecular complexity index is 422. The number of aromatic amines is 1. The smallest absolute Gasteiger partial charge is 0.120 e. The summed E-state index contributed by atoms with van der Waals surface area (Å²) >= 11 is 0. The van der Waals surface area contributed by atoms with Crippen molar-refractivity contribution >= 4 is 0 Å². The number of rotatable bonds is 6. The zero-order valence-electron chi connectivity index (χ0n) is 9.94. The molecule has 17 heavy (non-hydrogen) atoms. The molecule has 0 radical (unpaired) electrons. The van der Waals surface area contributed by atoms with Gasteiger partial charge in [-0.2, -0.15) is 0 Å². The Balaban J connectivity index is 1.79. The Morgan fingerprint density at radius 1 is 1.24 bits per heavy atom. The van der Waals surface area contributed by atoms with Gasteiger partial charge in [-0.15, -0.1) is 0 Å². The van der Waals surface area contributed by atoms with E-state index >= 15 is 0 Å². The van der Waals surface area contributed by atoms with E-state index in [-0.39, 0.29) is 0 Å². The SMILES string of the molecule is CCOc1ccc(CNCc2ncc[nH]2)cc1. The predicted molar refractivity (Wildman–Crippen MR) is 66.7 cm³/mol. The summed E-state index contributed by atoms with van der Waals surface area (Å²) in [4.78, 5) is 7.20. The fourth-order valence-corrected chi connectivity index (χ4v) is 1.59. The Hall–Kier alpha value is -1.81. The van der Waals surface area contributed by atoms with Gasteiger partial charge in [-0.1, -0.05) is 12.1 Å². The fourth-order valence-electron chi connectivity index (χ4n) is 1.59. The Kier molecular flexibility index (Phi) is 4.16. The number of ether oxygens (including phenoxy) is 1. The highest BCUT2D eigenvalue weighted by atomic mass is 16.5. The lowest BCUT2D eigenvalue weighted by Gasteiger charge is -2.05. The lowest BCUT2D eigenvalue weighted by Crippen LogP contribution is -2.13. The van der Waals surface area contributed by atoms with Crippen LogP contribution in [0, 0.1) is 0 Å². The van der Waals surface area contributed by atoms with Gasteiger partial charge in [0.25, 0.3) is 0 Å². The number of hydrogen-bond acceptors (Lipinski definition) is 3. The highest BCUT2D eigenvalue weighted by Gasteiger charge is 1.96. The molecule has 0 atom stereocenters. The normalized spacial score (nSPS) is 10.4. The molecule has 0 fully saturated rings. The summed E-state index contributed by atoms with van der Waals surface area (Å²) in [5.41, 5.74) is 1.24. The second-order valence-corrected chi connectivity index (χ2v) is 3.72. The number of H-pyrrole nitrogens is 1. The molecule has 0 saturated carbocycles. The molecule has 90 valence electrons. The molecule has 0 aliphatic heterocycles. The van der Waals surface area contributed by atoms with E-state index in [0.29, 0.717) is 6.61 Å². The standard InChI is InChI=1S/C13H17N3O/c1-2-17-12-5-3-11(4-6-12)9-14-10-13-15-7-8-16-13/h3-8,14H,2,9-10H2,1H3,(H,15,16). The summed E-state index contributed by atoms with van der Waals surface area (Å²) in [5, 5.41) is 3.32. The average molecular weight is 231 g/mol. The topological polar surface area (TPSA) is 49.9 Å². The molecule has 1 aromatic heterocycles. The maximum absolute atomic E-state index is 5.39. The van der Waals surface area contributed by atoms with Crippen LogP contribution in [-0.2, 0) is 13.1 Å². The van der Waals surface area contributed by atoms with Crippen LogP contribution in [0.25, 0.3) is 0 Å². The van der Waals surface area contributed by atoms with E-state index in [1.807, 2.05) is 25.3 Å². The van der Waals surface area contributed by atoms with E-state index in [4.69, 9.17) is 4.74 Å². The molecule has 0 aliphatic rings. The number of nitrogens with zero attached hydrogens (tertiary/aromatic N) is 1. The van der Waals surface area contributed by atoms with Gasteiger partial charge in [-0.05, 0) is 24.6 Å². The molecular formula is C13H17N3O. The summed E-state index contributed by atoms with van der Waals surface area (Å²) in [5.74, 6) is 1.87. The van der Waals surface area contributed by atoms with E-state index in [9.17, 15) is 0 Å². The molecular weight excluding hydrogens is 214 g/mol. The van der Waals surface area contributed by atoms with Crippen LogP contribution in [0.2, 0.25) is 0 Å². The van der Waals surface area contributed by atoms with Crippen LogP contribution in [0.4, 0.5) is 0 Å². The summed E-state index contributed by atoms with van der Waals surface area (Å²) in [6, 6.07) is 8.13. The third-order valence-corrected chi connectivity index (χ3v) is 2.41. The van der Waals surface area contributed by atoms with Crippen LogP contribution >= 0.6 is 0 Å². The fraction of sp³-hybridized carbons (Fsp3) is 0.308. The molecule has 0 unspecified atom stereocenters. The first-order chi connectivity index (χ1) is 8.38. The first-order valence-electron chi connectivity index (χ1n) is 5.79. The Morgan fingerprint density at radius 3 is 2.71 bits per heavy atom. The Morgan fingerprint density at radius 2 is 2.06 bits per heavy atom. The van der Waals surface area contributed by atoms with Gasteiger partial charge in [0.15, 0.2) is 0 Å². The van der Waals surface area contributed by atoms with Crippen molar-refractivity contribution < 1.29 is 4.74 Å². The van der Waals surface area contributed by atoms with Gasteiger partial charge >= 0.3 is 0 Å². The van der Waals surface area contributed by atoms with Gasteiger partial charge in [0, 0.05) is 18.9 Å². The zero-order chi connectivity index (χ0) is 11.9. The molecule has 2 N–H and O–H groups in total. The highest BCUT2D eigenvalue weighted by Crippen LogP contribution is 2.11. The van der Waals surface area contributed by atoms with Gasteiger partial charge in [-0.3, -0.25) is 0 Å². The monoisotopic (exact) mass is 231 g/mol. The Labute approximate surface area is 101 Å². The second kappa shape index (κ2) is 6.06. The van der Waals surface area contributed by atoms with E-state index in [1.165, 1.54) is 5.56 Å². The van der Waals surface area contributed by atoms with Crippen molar-refractivity contribution in [3.63, 3.8) is 0 Å². The van der Waals surface area contributed by atoms with Crippen molar-refractivity contribution in [1.29, 1.82) is 0 Å². The van der Waals surface area contributed by atoms with Crippen LogP contribution in [0.1, 0.15) is 18.3 Å². The van der Waals surface area contributed by atoms with Crippen molar-refractivity contribution in [2.24, 2.45) is 0 Å². The van der Waals surface area contributed by atoms with Crippen LogP contribution in [0.15, 0.2) is 36.7 Å². The minimum atomic E-state index is 0.704. The number of hydrogen-bond donors (Lipinski definition) is 2. The third-order valence-electron chi connectivity index (χ3n) is 2.41. The zero-order valence-corrected chi connectivity index (χ0v) is 9.94. The quantitative estimate of drug-likeness (QED) is 0.800. The summed E-state index contributed by atoms with van der Waals surface area (Å²) in [6.07, 6.45) is 3.59. The molecule has 4 heteroatoms. The molecule has 1 aromatic carbocycles. The van der Waals surface area contributed by atoms with Gasteiger partial charge in [0.2, 0.25) is 0 Å².